The third-order valence-electron chi connectivity index (χ3n) is 5.01. The van der Waals surface area contributed by atoms with Crippen LogP contribution >= 0.6 is 11.3 Å². The Kier molecular flexibility index (Phi) is 7.25. The summed E-state index contributed by atoms with van der Waals surface area (Å²) in [6.45, 7) is 2.55. The van der Waals surface area contributed by atoms with Crippen molar-refractivity contribution >= 4 is 21.4 Å². The van der Waals surface area contributed by atoms with Crippen molar-refractivity contribution in [1.82, 2.24) is 9.62 Å². The molecular formula is C20H28N2O2S2. The molecule has 0 aliphatic carbocycles. The Hall–Kier alpha value is -1.21. The van der Waals surface area contributed by atoms with E-state index in [1.165, 1.54) is 31.2 Å². The van der Waals surface area contributed by atoms with E-state index in [9.17, 15) is 8.42 Å². The van der Waals surface area contributed by atoms with Gasteiger partial charge in [0.1, 0.15) is 0 Å². The van der Waals surface area contributed by atoms with E-state index >= 15 is 0 Å². The molecule has 1 aliphatic rings. The summed E-state index contributed by atoms with van der Waals surface area (Å²) in [4.78, 5) is 2.45. The fourth-order valence-electron chi connectivity index (χ4n) is 3.50. The molecule has 0 saturated carbocycles. The molecule has 2 heterocycles. The van der Waals surface area contributed by atoms with Gasteiger partial charge < -0.3 is 0 Å². The van der Waals surface area contributed by atoms with Crippen LogP contribution in [0.4, 0.5) is 0 Å². The minimum Gasteiger partial charge on any atom is -0.295 e. The average molecular weight is 393 g/mol. The van der Waals surface area contributed by atoms with Crippen LogP contribution in [0.1, 0.15) is 42.9 Å². The van der Waals surface area contributed by atoms with E-state index in [0.717, 1.165) is 18.7 Å². The van der Waals surface area contributed by atoms with E-state index < -0.39 is 10.0 Å². The first-order valence-electron chi connectivity index (χ1n) is 9.41. The molecule has 1 saturated heterocycles. The quantitative estimate of drug-likeness (QED) is 0.743. The highest BCUT2D eigenvalue weighted by molar-refractivity contribution is 7.89. The van der Waals surface area contributed by atoms with Gasteiger partial charge in [0.15, 0.2) is 0 Å². The number of hydrogen-bond donors (Lipinski definition) is 1. The van der Waals surface area contributed by atoms with Crippen LogP contribution in [-0.4, -0.2) is 38.7 Å². The summed E-state index contributed by atoms with van der Waals surface area (Å²) in [5, 5.41) is 4.22. The minimum atomic E-state index is -3.29. The smallest absolute Gasteiger partial charge is 0.211 e. The first-order valence-corrected chi connectivity index (χ1v) is 12.0. The van der Waals surface area contributed by atoms with Crippen molar-refractivity contribution in [2.75, 3.05) is 25.4 Å². The second kappa shape index (κ2) is 9.65. The molecule has 0 unspecified atom stereocenters. The maximum atomic E-state index is 12.5. The Labute approximate surface area is 161 Å². The number of thiophene rings is 1. The van der Waals surface area contributed by atoms with Gasteiger partial charge in [-0.3, -0.25) is 4.90 Å². The molecule has 0 spiro atoms. The Morgan fingerprint density at radius 1 is 1.04 bits per heavy atom. The van der Waals surface area contributed by atoms with E-state index in [4.69, 9.17) is 0 Å². The van der Waals surface area contributed by atoms with Crippen molar-refractivity contribution in [2.45, 2.75) is 38.1 Å². The SMILES string of the molecule is O=S(=O)(CCc1ccccc1)NC[C@H](c1ccsc1)N1CCCCCC1. The second-order valence-electron chi connectivity index (χ2n) is 6.93. The van der Waals surface area contributed by atoms with Crippen LogP contribution in [0.25, 0.3) is 0 Å². The van der Waals surface area contributed by atoms with E-state index in [0.29, 0.717) is 13.0 Å². The first-order chi connectivity index (χ1) is 12.6. The second-order valence-corrected chi connectivity index (χ2v) is 9.63. The van der Waals surface area contributed by atoms with Crippen molar-refractivity contribution in [3.63, 3.8) is 0 Å². The van der Waals surface area contributed by atoms with Gasteiger partial charge >= 0.3 is 0 Å². The molecule has 1 N–H and O–H groups in total. The van der Waals surface area contributed by atoms with Crippen LogP contribution in [0.5, 0.6) is 0 Å². The lowest BCUT2D eigenvalue weighted by molar-refractivity contribution is 0.206. The lowest BCUT2D eigenvalue weighted by Crippen LogP contribution is -2.39. The number of hydrogen-bond acceptors (Lipinski definition) is 4. The fourth-order valence-corrected chi connectivity index (χ4v) is 5.27. The summed E-state index contributed by atoms with van der Waals surface area (Å²) in [5.74, 6) is 0.132. The van der Waals surface area contributed by atoms with Crippen molar-refractivity contribution in [3.8, 4) is 0 Å². The van der Waals surface area contributed by atoms with Crippen molar-refractivity contribution in [2.24, 2.45) is 0 Å². The Morgan fingerprint density at radius 3 is 2.42 bits per heavy atom. The van der Waals surface area contributed by atoms with Crippen molar-refractivity contribution in [1.29, 1.82) is 0 Å². The van der Waals surface area contributed by atoms with Gasteiger partial charge in [-0.05, 0) is 60.3 Å². The van der Waals surface area contributed by atoms with Crippen molar-refractivity contribution < 1.29 is 8.42 Å². The fraction of sp³-hybridized carbons (Fsp3) is 0.500. The first kappa shape index (κ1) is 19.5. The topological polar surface area (TPSA) is 49.4 Å². The molecule has 2 aromatic rings. The summed E-state index contributed by atoms with van der Waals surface area (Å²) in [6, 6.07) is 12.0. The van der Waals surface area contributed by atoms with Gasteiger partial charge in [-0.15, -0.1) is 0 Å². The van der Waals surface area contributed by atoms with E-state index in [2.05, 4.69) is 26.4 Å². The van der Waals surface area contributed by atoms with Crippen LogP contribution in [-0.2, 0) is 16.4 Å². The van der Waals surface area contributed by atoms with Gasteiger partial charge in [-0.2, -0.15) is 11.3 Å². The Bertz CT molecular complexity index is 737. The van der Waals surface area contributed by atoms with Crippen LogP contribution < -0.4 is 4.72 Å². The lowest BCUT2D eigenvalue weighted by Gasteiger charge is -2.30. The van der Waals surface area contributed by atoms with Crippen LogP contribution in [0.3, 0.4) is 0 Å². The number of likely N-dealkylation sites (tertiary alicyclic amines) is 1. The van der Waals surface area contributed by atoms with Gasteiger partial charge in [0.25, 0.3) is 0 Å². The molecule has 6 heteroatoms. The van der Waals surface area contributed by atoms with Gasteiger partial charge in [0, 0.05) is 12.6 Å². The average Bonchev–Trinajstić information content (AvgIpc) is 3.04. The Morgan fingerprint density at radius 2 is 1.77 bits per heavy atom. The molecule has 0 radical (unpaired) electrons. The number of sulfonamides is 1. The molecule has 1 aliphatic heterocycles. The molecule has 0 amide bonds. The zero-order valence-corrected chi connectivity index (χ0v) is 16.8. The number of aryl methyl sites for hydroxylation is 1. The maximum Gasteiger partial charge on any atom is 0.211 e. The highest BCUT2D eigenvalue weighted by atomic mass is 32.2. The van der Waals surface area contributed by atoms with Crippen LogP contribution in [0, 0.1) is 0 Å². The third kappa shape index (κ3) is 5.91. The van der Waals surface area contributed by atoms with Gasteiger partial charge in [0.05, 0.1) is 5.75 Å². The molecule has 3 rings (SSSR count). The number of nitrogens with one attached hydrogen (secondary N) is 1. The molecule has 0 bridgehead atoms. The zero-order valence-electron chi connectivity index (χ0n) is 15.1. The molecule has 1 atom stereocenters. The number of rotatable bonds is 8. The summed E-state index contributed by atoms with van der Waals surface area (Å²) < 4.78 is 27.9. The van der Waals surface area contributed by atoms with Gasteiger partial charge in [-0.1, -0.05) is 43.2 Å². The standard InChI is InChI=1S/C20H28N2O2S2/c23-26(24,15-11-18-8-4-3-5-9-18)21-16-20(19-10-14-25-17-19)22-12-6-1-2-7-13-22/h3-5,8-10,14,17,20-21H,1-2,6-7,11-13,15-16H2/t20-/m1/s1. The Balaban J connectivity index is 1.61. The van der Waals surface area contributed by atoms with E-state index in [1.54, 1.807) is 11.3 Å². The predicted molar refractivity (Wildman–Crippen MR) is 109 cm³/mol. The van der Waals surface area contributed by atoms with E-state index in [-0.39, 0.29) is 11.8 Å². The summed E-state index contributed by atoms with van der Waals surface area (Å²) >= 11 is 1.67. The molecular weight excluding hydrogens is 364 g/mol. The summed E-state index contributed by atoms with van der Waals surface area (Å²) in [7, 11) is -3.29. The van der Waals surface area contributed by atoms with Crippen LogP contribution in [0.15, 0.2) is 47.2 Å². The molecule has 4 nitrogen and oxygen atoms in total. The van der Waals surface area contributed by atoms with Crippen molar-refractivity contribution in [3.05, 3.63) is 58.3 Å². The minimum absolute atomic E-state index is 0.130. The molecule has 1 fully saturated rings. The van der Waals surface area contributed by atoms with Crippen LogP contribution in [0.2, 0.25) is 0 Å². The highest BCUT2D eigenvalue weighted by Crippen LogP contribution is 2.25. The summed E-state index contributed by atoms with van der Waals surface area (Å²) in [5.41, 5.74) is 2.28. The molecule has 1 aromatic carbocycles. The zero-order chi connectivity index (χ0) is 18.2. The largest absolute Gasteiger partial charge is 0.295 e. The maximum absolute atomic E-state index is 12.5. The molecule has 1 aromatic heterocycles. The van der Waals surface area contributed by atoms with Gasteiger partial charge in [0.2, 0.25) is 10.0 Å². The number of nitrogens with zero attached hydrogens (tertiary/aromatic N) is 1. The molecule has 142 valence electrons. The number of benzene rings is 1. The third-order valence-corrected chi connectivity index (χ3v) is 7.06. The van der Waals surface area contributed by atoms with E-state index in [1.807, 2.05) is 30.3 Å². The predicted octanol–water partition coefficient (Wildman–Crippen LogP) is 3.83. The molecule has 26 heavy (non-hydrogen) atoms. The monoisotopic (exact) mass is 392 g/mol. The normalized spacial score (nSPS) is 17.7. The highest BCUT2D eigenvalue weighted by Gasteiger charge is 2.23. The summed E-state index contributed by atoms with van der Waals surface area (Å²) in [6.07, 6.45) is 5.48. The van der Waals surface area contributed by atoms with Gasteiger partial charge in [-0.25, -0.2) is 13.1 Å². The lowest BCUT2D eigenvalue weighted by atomic mass is 10.1.